The molecule has 1 atom stereocenters. The minimum Gasteiger partial charge on any atom is -0.491 e. The van der Waals surface area contributed by atoms with Crippen LogP contribution in [0.15, 0.2) is 36.5 Å². The Kier molecular flexibility index (Phi) is 5.51. The predicted molar refractivity (Wildman–Crippen MR) is 81.3 cm³/mol. The third kappa shape index (κ3) is 4.16. The van der Waals surface area contributed by atoms with Gasteiger partial charge < -0.3 is 14.8 Å². The highest BCUT2D eigenvalue weighted by Crippen LogP contribution is 2.18. The summed E-state index contributed by atoms with van der Waals surface area (Å²) in [7, 11) is 0. The highest BCUT2D eigenvalue weighted by Gasteiger charge is 2.19. The molecular formula is C16H20N2O3. The number of hydrogen-bond donors (Lipinski definition) is 1. The number of likely N-dealkylation sites (N-methyl/N-ethyl adjacent to an activating group) is 1. The zero-order chi connectivity index (χ0) is 15.1. The molecule has 112 valence electrons. The molecule has 1 unspecified atom stereocenters. The maximum atomic E-state index is 11.8. The van der Waals surface area contributed by atoms with Crippen LogP contribution in [0.3, 0.4) is 0 Å². The minimum atomic E-state index is -0.464. The van der Waals surface area contributed by atoms with E-state index in [1.807, 2.05) is 37.3 Å². The van der Waals surface area contributed by atoms with Crippen LogP contribution >= 0.6 is 0 Å². The van der Waals surface area contributed by atoms with Crippen LogP contribution in [0.1, 0.15) is 13.8 Å². The Morgan fingerprint density at radius 2 is 2.19 bits per heavy atom. The van der Waals surface area contributed by atoms with E-state index in [2.05, 4.69) is 10.3 Å². The number of nitrogens with zero attached hydrogens (tertiary/aromatic N) is 1. The number of esters is 1. The SMILES string of the molecule is CCNC(COc1ccc2cccnc2c1)C(=O)OCC. The van der Waals surface area contributed by atoms with Crippen molar-refractivity contribution >= 4 is 16.9 Å². The van der Waals surface area contributed by atoms with Gasteiger partial charge in [-0.2, -0.15) is 0 Å². The van der Waals surface area contributed by atoms with Crippen LogP contribution in [0.25, 0.3) is 10.9 Å². The molecular weight excluding hydrogens is 268 g/mol. The number of aromatic nitrogens is 1. The first-order valence-electron chi connectivity index (χ1n) is 7.12. The van der Waals surface area contributed by atoms with Crippen molar-refractivity contribution in [1.82, 2.24) is 10.3 Å². The van der Waals surface area contributed by atoms with E-state index in [1.165, 1.54) is 0 Å². The Morgan fingerprint density at radius 1 is 1.33 bits per heavy atom. The zero-order valence-corrected chi connectivity index (χ0v) is 12.3. The Hall–Kier alpha value is -2.14. The van der Waals surface area contributed by atoms with Gasteiger partial charge in [-0.3, -0.25) is 9.78 Å². The zero-order valence-electron chi connectivity index (χ0n) is 12.3. The fraction of sp³-hybridized carbons (Fsp3) is 0.375. The smallest absolute Gasteiger partial charge is 0.326 e. The highest BCUT2D eigenvalue weighted by molar-refractivity contribution is 5.79. The van der Waals surface area contributed by atoms with E-state index < -0.39 is 6.04 Å². The number of nitrogens with one attached hydrogen (secondary N) is 1. The molecule has 0 aliphatic heterocycles. The minimum absolute atomic E-state index is 0.227. The molecule has 0 saturated heterocycles. The summed E-state index contributed by atoms with van der Waals surface area (Å²) in [5, 5.41) is 4.11. The summed E-state index contributed by atoms with van der Waals surface area (Å²) >= 11 is 0. The van der Waals surface area contributed by atoms with E-state index in [9.17, 15) is 4.79 Å². The van der Waals surface area contributed by atoms with Gasteiger partial charge in [0.1, 0.15) is 18.4 Å². The molecule has 0 amide bonds. The molecule has 5 heteroatoms. The summed E-state index contributed by atoms with van der Waals surface area (Å²) in [4.78, 5) is 16.1. The molecule has 0 fully saturated rings. The van der Waals surface area contributed by atoms with E-state index >= 15 is 0 Å². The highest BCUT2D eigenvalue weighted by atomic mass is 16.5. The van der Waals surface area contributed by atoms with Crippen LogP contribution in [0.5, 0.6) is 5.75 Å². The number of hydrogen-bond acceptors (Lipinski definition) is 5. The van der Waals surface area contributed by atoms with Gasteiger partial charge in [0.15, 0.2) is 0 Å². The number of ether oxygens (including phenoxy) is 2. The van der Waals surface area contributed by atoms with E-state index in [0.29, 0.717) is 18.9 Å². The molecule has 0 aliphatic rings. The largest absolute Gasteiger partial charge is 0.491 e. The van der Waals surface area contributed by atoms with E-state index in [-0.39, 0.29) is 12.6 Å². The number of pyridine rings is 1. The standard InChI is InChI=1S/C16H20N2O3/c1-3-17-15(16(19)20-4-2)11-21-13-8-7-12-6-5-9-18-14(12)10-13/h5-10,15,17H,3-4,11H2,1-2H3. The van der Waals surface area contributed by atoms with Crippen LogP contribution in [-0.2, 0) is 9.53 Å². The molecule has 0 bridgehead atoms. The summed E-state index contributed by atoms with van der Waals surface area (Å²) in [6.45, 7) is 4.99. The van der Waals surface area contributed by atoms with Gasteiger partial charge in [-0.15, -0.1) is 0 Å². The summed E-state index contributed by atoms with van der Waals surface area (Å²) in [6.07, 6.45) is 1.74. The van der Waals surface area contributed by atoms with Crippen molar-refractivity contribution in [1.29, 1.82) is 0 Å². The third-order valence-electron chi connectivity index (χ3n) is 3.02. The lowest BCUT2D eigenvalue weighted by molar-refractivity contribution is -0.146. The molecule has 1 heterocycles. The van der Waals surface area contributed by atoms with Crippen molar-refractivity contribution in [3.63, 3.8) is 0 Å². The van der Waals surface area contributed by atoms with E-state index in [1.54, 1.807) is 13.1 Å². The summed E-state index contributed by atoms with van der Waals surface area (Å²) < 4.78 is 10.7. The predicted octanol–water partition coefficient (Wildman–Crippen LogP) is 2.15. The lowest BCUT2D eigenvalue weighted by atomic mass is 10.2. The van der Waals surface area contributed by atoms with Gasteiger partial charge in [-0.1, -0.05) is 13.0 Å². The first-order chi connectivity index (χ1) is 10.2. The number of carbonyl (C=O) groups excluding carboxylic acids is 1. The topological polar surface area (TPSA) is 60.5 Å². The van der Waals surface area contributed by atoms with Crippen molar-refractivity contribution < 1.29 is 14.3 Å². The molecule has 2 rings (SSSR count). The quantitative estimate of drug-likeness (QED) is 0.791. The molecule has 0 radical (unpaired) electrons. The summed E-state index contributed by atoms with van der Waals surface area (Å²) in [6, 6.07) is 9.11. The van der Waals surface area contributed by atoms with Crippen molar-refractivity contribution in [2.75, 3.05) is 19.8 Å². The lowest BCUT2D eigenvalue weighted by Gasteiger charge is -2.17. The number of benzene rings is 1. The molecule has 1 aromatic heterocycles. The van der Waals surface area contributed by atoms with Crippen molar-refractivity contribution in [3.8, 4) is 5.75 Å². The van der Waals surface area contributed by atoms with Crippen LogP contribution in [0.2, 0.25) is 0 Å². The van der Waals surface area contributed by atoms with E-state index in [4.69, 9.17) is 9.47 Å². The second-order valence-electron chi connectivity index (χ2n) is 4.53. The molecule has 0 aliphatic carbocycles. The average Bonchev–Trinajstić information content (AvgIpc) is 2.51. The Labute approximate surface area is 124 Å². The van der Waals surface area contributed by atoms with Gasteiger partial charge in [0, 0.05) is 17.6 Å². The normalized spacial score (nSPS) is 12.1. The van der Waals surface area contributed by atoms with Crippen LogP contribution in [0.4, 0.5) is 0 Å². The molecule has 1 N–H and O–H groups in total. The van der Waals surface area contributed by atoms with Gasteiger partial charge in [-0.25, -0.2) is 0 Å². The second-order valence-corrected chi connectivity index (χ2v) is 4.53. The van der Waals surface area contributed by atoms with Crippen LogP contribution in [0, 0.1) is 0 Å². The first-order valence-corrected chi connectivity index (χ1v) is 7.12. The number of fused-ring (bicyclic) bond motifs is 1. The molecule has 1 aromatic carbocycles. The van der Waals surface area contributed by atoms with Crippen LogP contribution in [-0.4, -0.2) is 36.8 Å². The molecule has 0 saturated carbocycles. The lowest BCUT2D eigenvalue weighted by Crippen LogP contribution is -2.42. The Morgan fingerprint density at radius 3 is 2.95 bits per heavy atom. The Bertz CT molecular complexity index is 601. The Balaban J connectivity index is 2.02. The fourth-order valence-corrected chi connectivity index (χ4v) is 2.02. The molecule has 21 heavy (non-hydrogen) atoms. The monoisotopic (exact) mass is 288 g/mol. The first kappa shape index (κ1) is 15.3. The maximum absolute atomic E-state index is 11.8. The third-order valence-corrected chi connectivity index (χ3v) is 3.02. The van der Waals surface area contributed by atoms with Crippen LogP contribution < -0.4 is 10.1 Å². The summed E-state index contributed by atoms with van der Waals surface area (Å²) in [5.74, 6) is 0.395. The average molecular weight is 288 g/mol. The fourth-order valence-electron chi connectivity index (χ4n) is 2.02. The molecule has 2 aromatic rings. The second kappa shape index (κ2) is 7.59. The number of rotatable bonds is 7. The molecule has 5 nitrogen and oxygen atoms in total. The maximum Gasteiger partial charge on any atom is 0.326 e. The van der Waals surface area contributed by atoms with Crippen molar-refractivity contribution in [2.45, 2.75) is 19.9 Å². The van der Waals surface area contributed by atoms with Gasteiger partial charge in [0.05, 0.1) is 12.1 Å². The molecule has 0 spiro atoms. The van der Waals surface area contributed by atoms with Crippen molar-refractivity contribution in [2.24, 2.45) is 0 Å². The van der Waals surface area contributed by atoms with Crippen molar-refractivity contribution in [3.05, 3.63) is 36.5 Å². The van der Waals surface area contributed by atoms with Gasteiger partial charge in [-0.05, 0) is 31.7 Å². The van der Waals surface area contributed by atoms with Gasteiger partial charge in [0.2, 0.25) is 0 Å². The summed E-state index contributed by atoms with van der Waals surface area (Å²) in [5.41, 5.74) is 0.867. The van der Waals surface area contributed by atoms with Gasteiger partial charge in [0.25, 0.3) is 0 Å². The van der Waals surface area contributed by atoms with Gasteiger partial charge >= 0.3 is 5.97 Å². The number of carbonyl (C=O) groups is 1. The van der Waals surface area contributed by atoms with E-state index in [0.717, 1.165) is 10.9 Å².